The van der Waals surface area contributed by atoms with Crippen LogP contribution in [0.3, 0.4) is 0 Å². The summed E-state index contributed by atoms with van der Waals surface area (Å²) in [6, 6.07) is 17.3. The van der Waals surface area contributed by atoms with Crippen molar-refractivity contribution in [3.63, 3.8) is 0 Å². The fraction of sp³-hybridized carbons (Fsp3) is 0.263. The maximum atomic E-state index is 12.2. The highest BCUT2D eigenvalue weighted by molar-refractivity contribution is 5.97. The fourth-order valence-electron chi connectivity index (χ4n) is 2.32. The van der Waals surface area contributed by atoms with E-state index in [1.807, 2.05) is 36.4 Å². The lowest BCUT2D eigenvalue weighted by atomic mass is 10.1. The third-order valence-corrected chi connectivity index (χ3v) is 3.67. The van der Waals surface area contributed by atoms with Gasteiger partial charge in [0.25, 0.3) is 5.91 Å². The number of amides is 2. The van der Waals surface area contributed by atoms with E-state index in [0.29, 0.717) is 12.0 Å². The van der Waals surface area contributed by atoms with Gasteiger partial charge in [0.2, 0.25) is 5.91 Å². The first-order chi connectivity index (χ1) is 11.6. The van der Waals surface area contributed by atoms with Crippen molar-refractivity contribution in [3.05, 3.63) is 71.8 Å². The number of carbonyl (C=O) groups excluding carboxylic acids is 2. The number of nitrogens with one attached hydrogen (secondary N) is 2. The van der Waals surface area contributed by atoms with Gasteiger partial charge in [0.05, 0.1) is 12.6 Å². The third-order valence-electron chi connectivity index (χ3n) is 3.67. The molecule has 0 saturated heterocycles. The standard InChI is InChI=1S/C19H22N2O3/c1-14(20-19(24)16-10-6-3-7-11-16)18(23)21-17(13-22)12-15-8-4-2-5-9-15/h2-11,14,17,22H,12-13H2,1H3,(H,20,24)(H,21,23). The summed E-state index contributed by atoms with van der Waals surface area (Å²) in [5, 5.41) is 14.9. The van der Waals surface area contributed by atoms with Gasteiger partial charge in [0, 0.05) is 5.56 Å². The Morgan fingerprint density at radius 1 is 0.958 bits per heavy atom. The fourth-order valence-corrected chi connectivity index (χ4v) is 2.32. The number of rotatable bonds is 7. The molecular formula is C19H22N2O3. The molecule has 0 radical (unpaired) electrons. The Hall–Kier alpha value is -2.66. The highest BCUT2D eigenvalue weighted by atomic mass is 16.3. The van der Waals surface area contributed by atoms with Gasteiger partial charge in [-0.1, -0.05) is 48.5 Å². The predicted molar refractivity (Wildman–Crippen MR) is 92.5 cm³/mol. The molecule has 2 unspecified atom stereocenters. The summed E-state index contributed by atoms with van der Waals surface area (Å²) >= 11 is 0. The van der Waals surface area contributed by atoms with Crippen LogP contribution in [0.15, 0.2) is 60.7 Å². The molecule has 0 fully saturated rings. The average molecular weight is 326 g/mol. The van der Waals surface area contributed by atoms with Crippen LogP contribution in [-0.4, -0.2) is 35.6 Å². The largest absolute Gasteiger partial charge is 0.394 e. The van der Waals surface area contributed by atoms with E-state index in [4.69, 9.17) is 0 Å². The number of aliphatic hydroxyl groups excluding tert-OH is 1. The van der Waals surface area contributed by atoms with Crippen LogP contribution in [0.25, 0.3) is 0 Å². The second-order valence-corrected chi connectivity index (χ2v) is 5.64. The molecule has 2 rings (SSSR count). The highest BCUT2D eigenvalue weighted by Crippen LogP contribution is 2.04. The summed E-state index contributed by atoms with van der Waals surface area (Å²) in [6.07, 6.45) is 0.530. The summed E-state index contributed by atoms with van der Waals surface area (Å²) in [6.45, 7) is 1.45. The van der Waals surface area contributed by atoms with Crippen molar-refractivity contribution in [2.24, 2.45) is 0 Å². The molecule has 0 spiro atoms. The highest BCUT2D eigenvalue weighted by Gasteiger charge is 2.19. The molecule has 5 heteroatoms. The Labute approximate surface area is 141 Å². The summed E-state index contributed by atoms with van der Waals surface area (Å²) in [4.78, 5) is 24.3. The van der Waals surface area contributed by atoms with E-state index < -0.39 is 12.1 Å². The number of aliphatic hydroxyl groups is 1. The Kier molecular flexibility index (Phi) is 6.51. The van der Waals surface area contributed by atoms with Crippen LogP contribution in [0.5, 0.6) is 0 Å². The first kappa shape index (κ1) is 17.7. The molecule has 0 aliphatic rings. The number of hydrogen-bond acceptors (Lipinski definition) is 3. The first-order valence-electron chi connectivity index (χ1n) is 7.91. The number of benzene rings is 2. The molecular weight excluding hydrogens is 304 g/mol. The van der Waals surface area contributed by atoms with Gasteiger partial charge in [-0.05, 0) is 31.0 Å². The molecule has 126 valence electrons. The molecule has 0 aliphatic heterocycles. The van der Waals surface area contributed by atoms with E-state index in [1.165, 1.54) is 0 Å². The van der Waals surface area contributed by atoms with Crippen LogP contribution in [0.1, 0.15) is 22.8 Å². The first-order valence-corrected chi connectivity index (χ1v) is 7.91. The molecule has 0 saturated carbocycles. The van der Waals surface area contributed by atoms with E-state index >= 15 is 0 Å². The van der Waals surface area contributed by atoms with Crippen molar-refractivity contribution in [1.82, 2.24) is 10.6 Å². The van der Waals surface area contributed by atoms with E-state index in [0.717, 1.165) is 5.56 Å². The Morgan fingerprint density at radius 2 is 1.54 bits per heavy atom. The second-order valence-electron chi connectivity index (χ2n) is 5.64. The van der Waals surface area contributed by atoms with Gasteiger partial charge >= 0.3 is 0 Å². The molecule has 24 heavy (non-hydrogen) atoms. The second kappa shape index (κ2) is 8.84. The van der Waals surface area contributed by atoms with Crippen molar-refractivity contribution in [1.29, 1.82) is 0 Å². The molecule has 0 aliphatic carbocycles. The van der Waals surface area contributed by atoms with Crippen LogP contribution >= 0.6 is 0 Å². The van der Waals surface area contributed by atoms with Gasteiger partial charge in [0.1, 0.15) is 6.04 Å². The minimum atomic E-state index is -0.692. The molecule has 2 aromatic rings. The van der Waals surface area contributed by atoms with E-state index in [-0.39, 0.29) is 18.4 Å². The van der Waals surface area contributed by atoms with Gasteiger partial charge in [0.15, 0.2) is 0 Å². The van der Waals surface area contributed by atoms with Crippen LogP contribution < -0.4 is 10.6 Å². The molecule has 5 nitrogen and oxygen atoms in total. The van der Waals surface area contributed by atoms with Crippen LogP contribution in [0.2, 0.25) is 0 Å². The molecule has 0 aromatic heterocycles. The maximum Gasteiger partial charge on any atom is 0.251 e. The normalized spacial score (nSPS) is 12.9. The SMILES string of the molecule is CC(NC(=O)c1ccccc1)C(=O)NC(CO)Cc1ccccc1. The van der Waals surface area contributed by atoms with Crippen LogP contribution in [0, 0.1) is 0 Å². The average Bonchev–Trinajstić information content (AvgIpc) is 2.62. The monoisotopic (exact) mass is 326 g/mol. The van der Waals surface area contributed by atoms with Gasteiger partial charge in [-0.15, -0.1) is 0 Å². The summed E-state index contributed by atoms with van der Waals surface area (Å²) in [7, 11) is 0. The van der Waals surface area contributed by atoms with Gasteiger partial charge in [-0.3, -0.25) is 9.59 Å². The molecule has 0 heterocycles. The van der Waals surface area contributed by atoms with Crippen molar-refractivity contribution in [2.45, 2.75) is 25.4 Å². The topological polar surface area (TPSA) is 78.4 Å². The zero-order valence-corrected chi connectivity index (χ0v) is 13.6. The van der Waals surface area contributed by atoms with Crippen molar-refractivity contribution in [2.75, 3.05) is 6.61 Å². The Morgan fingerprint density at radius 3 is 2.12 bits per heavy atom. The molecule has 3 N–H and O–H groups in total. The maximum absolute atomic E-state index is 12.2. The number of carbonyl (C=O) groups is 2. The van der Waals surface area contributed by atoms with Crippen LogP contribution in [-0.2, 0) is 11.2 Å². The lowest BCUT2D eigenvalue weighted by Gasteiger charge is -2.20. The smallest absolute Gasteiger partial charge is 0.251 e. The zero-order chi connectivity index (χ0) is 17.4. The molecule has 2 amide bonds. The van der Waals surface area contributed by atoms with Gasteiger partial charge in [-0.2, -0.15) is 0 Å². The van der Waals surface area contributed by atoms with E-state index in [1.54, 1.807) is 31.2 Å². The van der Waals surface area contributed by atoms with Gasteiger partial charge in [-0.25, -0.2) is 0 Å². The molecule has 2 aromatic carbocycles. The quantitative estimate of drug-likeness (QED) is 0.722. The van der Waals surface area contributed by atoms with Crippen molar-refractivity contribution >= 4 is 11.8 Å². The van der Waals surface area contributed by atoms with E-state index in [9.17, 15) is 14.7 Å². The minimum absolute atomic E-state index is 0.167. The number of hydrogen-bond donors (Lipinski definition) is 3. The third kappa shape index (κ3) is 5.21. The zero-order valence-electron chi connectivity index (χ0n) is 13.6. The Balaban J connectivity index is 1.89. The van der Waals surface area contributed by atoms with Gasteiger partial charge < -0.3 is 15.7 Å². The predicted octanol–water partition coefficient (Wildman–Crippen LogP) is 1.52. The molecule has 2 atom stereocenters. The van der Waals surface area contributed by atoms with Crippen molar-refractivity contribution < 1.29 is 14.7 Å². The summed E-state index contributed by atoms with van der Waals surface area (Å²) in [5.41, 5.74) is 1.53. The lowest BCUT2D eigenvalue weighted by molar-refractivity contribution is -0.123. The summed E-state index contributed by atoms with van der Waals surface area (Å²) in [5.74, 6) is -0.629. The molecule has 0 bridgehead atoms. The van der Waals surface area contributed by atoms with E-state index in [2.05, 4.69) is 10.6 Å². The Bertz CT molecular complexity index is 659. The van der Waals surface area contributed by atoms with Crippen LogP contribution in [0.4, 0.5) is 0 Å². The van der Waals surface area contributed by atoms with Crippen molar-refractivity contribution in [3.8, 4) is 0 Å². The lowest BCUT2D eigenvalue weighted by Crippen LogP contribution is -2.49. The minimum Gasteiger partial charge on any atom is -0.394 e. The summed E-state index contributed by atoms with van der Waals surface area (Å²) < 4.78 is 0.